The third kappa shape index (κ3) is 5.79. The average Bonchev–Trinajstić information content (AvgIpc) is 3.30. The van der Waals surface area contributed by atoms with Crippen LogP contribution in [0.5, 0.6) is 0 Å². The highest BCUT2D eigenvalue weighted by Crippen LogP contribution is 2.21. The summed E-state index contributed by atoms with van der Waals surface area (Å²) in [5.41, 5.74) is 2.55. The molecular formula is C29H29F2N3O2. The van der Waals surface area contributed by atoms with E-state index in [9.17, 15) is 18.4 Å². The second-order valence-corrected chi connectivity index (χ2v) is 9.66. The van der Waals surface area contributed by atoms with Crippen molar-refractivity contribution in [2.24, 2.45) is 0 Å². The van der Waals surface area contributed by atoms with Crippen molar-refractivity contribution in [3.63, 3.8) is 0 Å². The van der Waals surface area contributed by atoms with Crippen molar-refractivity contribution >= 4 is 22.6 Å². The molecule has 2 aliphatic heterocycles. The number of carbonyl (C=O) groups is 2. The van der Waals surface area contributed by atoms with E-state index < -0.39 is 5.82 Å². The summed E-state index contributed by atoms with van der Waals surface area (Å²) < 4.78 is 26.8. The first kappa shape index (κ1) is 24.1. The van der Waals surface area contributed by atoms with Gasteiger partial charge in [0, 0.05) is 50.4 Å². The molecule has 0 spiro atoms. The minimum atomic E-state index is -0.422. The second kappa shape index (κ2) is 10.6. The van der Waals surface area contributed by atoms with E-state index in [0.29, 0.717) is 31.5 Å². The van der Waals surface area contributed by atoms with Crippen LogP contribution in [0.3, 0.4) is 0 Å². The summed E-state index contributed by atoms with van der Waals surface area (Å²) in [7, 11) is 0. The number of carbonyl (C=O) groups excluding carboxylic acids is 2. The molecule has 36 heavy (non-hydrogen) atoms. The number of rotatable bonds is 5. The van der Waals surface area contributed by atoms with Gasteiger partial charge in [0.2, 0.25) is 5.91 Å². The number of piperidine rings is 1. The molecule has 3 aromatic carbocycles. The van der Waals surface area contributed by atoms with Gasteiger partial charge in [0.1, 0.15) is 11.6 Å². The smallest absolute Gasteiger partial charge is 0.253 e. The zero-order valence-corrected chi connectivity index (χ0v) is 20.1. The molecule has 0 aliphatic carbocycles. The predicted octanol–water partition coefficient (Wildman–Crippen LogP) is 4.67. The van der Waals surface area contributed by atoms with E-state index in [0.717, 1.165) is 42.4 Å². The summed E-state index contributed by atoms with van der Waals surface area (Å²) >= 11 is 0. The fraction of sp³-hybridized carbons (Fsp3) is 0.310. The van der Waals surface area contributed by atoms with Gasteiger partial charge in [-0.2, -0.15) is 0 Å². The Morgan fingerprint density at radius 3 is 2.47 bits per heavy atom. The molecule has 3 aromatic rings. The van der Waals surface area contributed by atoms with Crippen molar-refractivity contribution in [2.75, 3.05) is 26.2 Å². The van der Waals surface area contributed by atoms with Crippen LogP contribution in [-0.4, -0.2) is 53.8 Å². The van der Waals surface area contributed by atoms with Crippen LogP contribution >= 0.6 is 0 Å². The van der Waals surface area contributed by atoms with Crippen molar-refractivity contribution in [1.82, 2.24) is 15.1 Å². The first-order valence-electron chi connectivity index (χ1n) is 12.4. The average molecular weight is 490 g/mol. The maximum Gasteiger partial charge on any atom is 0.253 e. The Morgan fingerprint density at radius 2 is 1.67 bits per heavy atom. The number of halogens is 2. The molecule has 1 unspecified atom stereocenters. The van der Waals surface area contributed by atoms with Crippen LogP contribution < -0.4 is 5.32 Å². The van der Waals surface area contributed by atoms with Crippen LogP contribution in [0.25, 0.3) is 10.8 Å². The number of benzene rings is 3. The molecular weight excluding hydrogens is 460 g/mol. The van der Waals surface area contributed by atoms with E-state index >= 15 is 0 Å². The predicted molar refractivity (Wildman–Crippen MR) is 135 cm³/mol. The van der Waals surface area contributed by atoms with Gasteiger partial charge in [-0.15, -0.1) is 0 Å². The Balaban J connectivity index is 1.09. The van der Waals surface area contributed by atoms with E-state index in [4.69, 9.17) is 0 Å². The van der Waals surface area contributed by atoms with Crippen LogP contribution in [0.1, 0.15) is 35.2 Å². The minimum Gasteiger partial charge on any atom is -0.348 e. The maximum atomic E-state index is 13.4. The van der Waals surface area contributed by atoms with Crippen LogP contribution in [0.15, 0.2) is 72.3 Å². The molecule has 186 valence electrons. The van der Waals surface area contributed by atoms with Gasteiger partial charge in [-0.3, -0.25) is 14.5 Å². The van der Waals surface area contributed by atoms with Crippen LogP contribution in [0.4, 0.5) is 8.78 Å². The Labute approximate surface area is 209 Å². The molecule has 2 fully saturated rings. The highest BCUT2D eigenvalue weighted by molar-refractivity contribution is 5.94. The number of hydrogen-bond donors (Lipinski definition) is 1. The van der Waals surface area contributed by atoms with Crippen molar-refractivity contribution < 1.29 is 18.4 Å². The molecule has 2 aliphatic rings. The van der Waals surface area contributed by atoms with Crippen LogP contribution in [-0.2, 0) is 11.3 Å². The third-order valence-electron chi connectivity index (χ3n) is 6.99. The molecule has 0 radical (unpaired) electrons. The molecule has 2 saturated heterocycles. The van der Waals surface area contributed by atoms with Crippen molar-refractivity contribution in [3.05, 3.63) is 95.1 Å². The van der Waals surface area contributed by atoms with Gasteiger partial charge >= 0.3 is 0 Å². The molecule has 0 aromatic heterocycles. The lowest BCUT2D eigenvalue weighted by Crippen LogP contribution is -2.38. The van der Waals surface area contributed by atoms with Gasteiger partial charge in [-0.05, 0) is 72.0 Å². The first-order valence-corrected chi connectivity index (χ1v) is 12.4. The summed E-state index contributed by atoms with van der Waals surface area (Å²) in [6, 6.07) is 16.7. The first-order chi connectivity index (χ1) is 17.4. The summed E-state index contributed by atoms with van der Waals surface area (Å²) in [5.74, 6) is -0.919. The van der Waals surface area contributed by atoms with Gasteiger partial charge in [-0.25, -0.2) is 8.78 Å². The van der Waals surface area contributed by atoms with Gasteiger partial charge in [0.05, 0.1) is 0 Å². The molecule has 1 N–H and O–H groups in total. The molecule has 7 heteroatoms. The molecule has 2 heterocycles. The summed E-state index contributed by atoms with van der Waals surface area (Å²) in [6.07, 6.45) is 3.84. The number of hydrogen-bond acceptors (Lipinski definition) is 3. The van der Waals surface area contributed by atoms with E-state index in [1.165, 1.54) is 29.8 Å². The van der Waals surface area contributed by atoms with Gasteiger partial charge < -0.3 is 10.2 Å². The topological polar surface area (TPSA) is 52.7 Å². The number of nitrogens with one attached hydrogen (secondary N) is 1. The van der Waals surface area contributed by atoms with E-state index in [1.807, 2.05) is 12.1 Å². The Morgan fingerprint density at radius 1 is 0.917 bits per heavy atom. The normalized spacial score (nSPS) is 18.4. The van der Waals surface area contributed by atoms with Crippen molar-refractivity contribution in [3.8, 4) is 0 Å². The van der Waals surface area contributed by atoms with E-state index in [2.05, 4.69) is 16.3 Å². The SMILES string of the molecule is O=C(C=C1CCN(C(=O)c2cccc(F)c2)CC1)NC1CCN(Cc2ccc3cc(F)ccc3c2)C1. The summed E-state index contributed by atoms with van der Waals surface area (Å²) in [4.78, 5) is 29.2. The van der Waals surface area contributed by atoms with Crippen molar-refractivity contribution in [1.29, 1.82) is 0 Å². The standard InChI is InChI=1S/C29H29F2N3O2/c30-25-3-1-2-24(17-25)29(36)34-12-8-20(9-13-34)15-28(35)32-27-10-11-33(19-27)18-21-4-5-23-16-26(31)7-6-22(23)14-21/h1-7,14-17,27H,8-13,18-19H2,(H,32,35). The number of amides is 2. The number of likely N-dealkylation sites (tertiary alicyclic amines) is 2. The van der Waals surface area contributed by atoms with Crippen LogP contribution in [0, 0.1) is 11.6 Å². The largest absolute Gasteiger partial charge is 0.348 e. The Bertz CT molecular complexity index is 1310. The molecule has 1 atom stereocenters. The fourth-order valence-corrected chi connectivity index (χ4v) is 5.09. The maximum absolute atomic E-state index is 13.4. The quantitative estimate of drug-likeness (QED) is 0.530. The monoisotopic (exact) mass is 489 g/mol. The van der Waals surface area contributed by atoms with Crippen LogP contribution in [0.2, 0.25) is 0 Å². The fourth-order valence-electron chi connectivity index (χ4n) is 5.09. The van der Waals surface area contributed by atoms with Crippen molar-refractivity contribution in [2.45, 2.75) is 31.8 Å². The molecule has 2 amide bonds. The Hall–Kier alpha value is -3.58. The van der Waals surface area contributed by atoms with E-state index in [1.54, 1.807) is 29.2 Å². The molecule has 5 nitrogen and oxygen atoms in total. The van der Waals surface area contributed by atoms with E-state index in [-0.39, 0.29) is 23.7 Å². The van der Waals surface area contributed by atoms with Gasteiger partial charge in [0.15, 0.2) is 0 Å². The Kier molecular flexibility index (Phi) is 7.09. The highest BCUT2D eigenvalue weighted by Gasteiger charge is 2.25. The lowest BCUT2D eigenvalue weighted by molar-refractivity contribution is -0.117. The van der Waals surface area contributed by atoms with Gasteiger partial charge in [-0.1, -0.05) is 29.8 Å². The minimum absolute atomic E-state index is 0.0884. The zero-order valence-electron chi connectivity index (χ0n) is 20.1. The number of nitrogens with zero attached hydrogens (tertiary/aromatic N) is 2. The molecule has 0 saturated carbocycles. The molecule has 5 rings (SSSR count). The zero-order chi connectivity index (χ0) is 25.1. The van der Waals surface area contributed by atoms with Gasteiger partial charge in [0.25, 0.3) is 5.91 Å². The summed E-state index contributed by atoms with van der Waals surface area (Å²) in [5, 5.41) is 5.04. The number of fused-ring (bicyclic) bond motifs is 1. The lowest BCUT2D eigenvalue weighted by Gasteiger charge is -2.28. The highest BCUT2D eigenvalue weighted by atomic mass is 19.1. The molecule has 0 bridgehead atoms. The summed E-state index contributed by atoms with van der Waals surface area (Å²) in [6.45, 7) is 3.51. The lowest BCUT2D eigenvalue weighted by atomic mass is 10.0. The third-order valence-corrected chi connectivity index (χ3v) is 6.99. The second-order valence-electron chi connectivity index (χ2n) is 9.66.